The molecular weight excluding hydrogens is 327 g/mol. The average Bonchev–Trinajstić information content (AvgIpc) is 2.37. The lowest BCUT2D eigenvalue weighted by atomic mass is 10.1. The molecule has 20 heavy (non-hydrogen) atoms. The van der Waals surface area contributed by atoms with E-state index in [1.54, 1.807) is 24.3 Å². The Morgan fingerprint density at radius 2 is 1.65 bits per heavy atom. The van der Waals surface area contributed by atoms with Gasteiger partial charge in [0.25, 0.3) is 6.43 Å². The van der Waals surface area contributed by atoms with Gasteiger partial charge in [-0.25, -0.2) is 8.78 Å². The van der Waals surface area contributed by atoms with Crippen LogP contribution in [0.4, 0.5) is 14.5 Å². The average molecular weight is 337 g/mol. The van der Waals surface area contributed by atoms with Gasteiger partial charge in [-0.15, -0.1) is 0 Å². The van der Waals surface area contributed by atoms with Crippen molar-refractivity contribution in [1.82, 2.24) is 0 Å². The van der Waals surface area contributed by atoms with E-state index in [0.29, 0.717) is 32.9 Å². The smallest absolute Gasteiger partial charge is 0.263 e. The summed E-state index contributed by atoms with van der Waals surface area (Å²) in [6.07, 6.45) is -2.49. The predicted molar refractivity (Wildman–Crippen MR) is 80.2 cm³/mol. The van der Waals surface area contributed by atoms with Crippen LogP contribution < -0.4 is 5.32 Å². The minimum atomic E-state index is -2.49. The normalized spacial score (nSPS) is 10.9. The fourth-order valence-electron chi connectivity index (χ4n) is 1.74. The maximum absolute atomic E-state index is 12.6. The molecule has 0 unspecified atom stereocenters. The van der Waals surface area contributed by atoms with Crippen LogP contribution in [0.1, 0.15) is 17.6 Å². The third kappa shape index (κ3) is 3.75. The summed E-state index contributed by atoms with van der Waals surface area (Å²) in [5, 5.41) is 4.22. The van der Waals surface area contributed by atoms with Crippen molar-refractivity contribution < 1.29 is 8.78 Å². The number of hydrogen-bond acceptors (Lipinski definition) is 1. The number of alkyl halides is 2. The molecule has 0 radical (unpaired) electrons. The van der Waals surface area contributed by atoms with Gasteiger partial charge in [-0.05, 0) is 23.8 Å². The van der Waals surface area contributed by atoms with Crippen LogP contribution in [0.25, 0.3) is 0 Å². The first-order chi connectivity index (χ1) is 9.47. The van der Waals surface area contributed by atoms with Gasteiger partial charge in [-0.1, -0.05) is 53.0 Å². The summed E-state index contributed by atoms with van der Waals surface area (Å²) >= 11 is 17.9. The Morgan fingerprint density at radius 1 is 1.00 bits per heavy atom. The highest BCUT2D eigenvalue weighted by atomic mass is 35.5. The Kier molecular flexibility index (Phi) is 5.08. The second-order valence-electron chi connectivity index (χ2n) is 4.14. The molecular formula is C14H10Cl3F2N. The SMILES string of the molecule is FC(F)c1cccc(CNc2c(Cl)cc(Cl)cc2Cl)c1. The second kappa shape index (κ2) is 6.61. The third-order valence-electron chi connectivity index (χ3n) is 2.68. The number of anilines is 1. The molecule has 0 aliphatic rings. The molecule has 0 amide bonds. The summed E-state index contributed by atoms with van der Waals surface area (Å²) in [7, 11) is 0. The van der Waals surface area contributed by atoms with E-state index in [1.807, 2.05) is 0 Å². The van der Waals surface area contributed by atoms with Crippen LogP contribution >= 0.6 is 34.8 Å². The van der Waals surface area contributed by atoms with Crippen molar-refractivity contribution in [1.29, 1.82) is 0 Å². The van der Waals surface area contributed by atoms with E-state index in [2.05, 4.69) is 5.32 Å². The molecule has 0 heterocycles. The van der Waals surface area contributed by atoms with Gasteiger partial charge in [0.1, 0.15) is 0 Å². The molecule has 0 aromatic heterocycles. The van der Waals surface area contributed by atoms with Crippen molar-refractivity contribution in [3.63, 3.8) is 0 Å². The predicted octanol–water partition coefficient (Wildman–Crippen LogP) is 6.20. The molecule has 2 rings (SSSR count). The van der Waals surface area contributed by atoms with Gasteiger partial charge in [0.2, 0.25) is 0 Å². The van der Waals surface area contributed by atoms with Crippen molar-refractivity contribution in [2.24, 2.45) is 0 Å². The summed E-state index contributed by atoms with van der Waals surface area (Å²) < 4.78 is 25.2. The quantitative estimate of drug-likeness (QED) is 0.701. The van der Waals surface area contributed by atoms with Crippen molar-refractivity contribution >= 4 is 40.5 Å². The van der Waals surface area contributed by atoms with Crippen molar-refractivity contribution in [2.75, 3.05) is 5.32 Å². The zero-order valence-electron chi connectivity index (χ0n) is 10.1. The van der Waals surface area contributed by atoms with Gasteiger partial charge in [-0.2, -0.15) is 0 Å². The topological polar surface area (TPSA) is 12.0 Å². The molecule has 6 heteroatoms. The lowest BCUT2D eigenvalue weighted by Gasteiger charge is -2.11. The molecule has 0 aliphatic carbocycles. The lowest BCUT2D eigenvalue weighted by Crippen LogP contribution is -2.01. The molecule has 0 atom stereocenters. The molecule has 0 saturated heterocycles. The highest BCUT2D eigenvalue weighted by molar-refractivity contribution is 6.41. The van der Waals surface area contributed by atoms with Crippen LogP contribution in [0.2, 0.25) is 15.1 Å². The van der Waals surface area contributed by atoms with Gasteiger partial charge in [-0.3, -0.25) is 0 Å². The summed E-state index contributed by atoms with van der Waals surface area (Å²) in [6.45, 7) is 0.335. The molecule has 0 bridgehead atoms. The first kappa shape index (κ1) is 15.4. The molecule has 0 aliphatic heterocycles. The van der Waals surface area contributed by atoms with Crippen LogP contribution in [-0.4, -0.2) is 0 Å². The Labute approximate surface area is 130 Å². The van der Waals surface area contributed by atoms with E-state index < -0.39 is 6.43 Å². The molecule has 0 saturated carbocycles. The Balaban J connectivity index is 2.15. The van der Waals surface area contributed by atoms with Gasteiger partial charge in [0, 0.05) is 17.1 Å². The van der Waals surface area contributed by atoms with E-state index in [9.17, 15) is 8.78 Å². The van der Waals surface area contributed by atoms with Gasteiger partial charge < -0.3 is 5.32 Å². The second-order valence-corrected chi connectivity index (χ2v) is 5.39. The summed E-state index contributed by atoms with van der Waals surface area (Å²) in [4.78, 5) is 0. The highest BCUT2D eigenvalue weighted by Crippen LogP contribution is 2.34. The Morgan fingerprint density at radius 3 is 2.25 bits per heavy atom. The number of nitrogens with one attached hydrogen (secondary N) is 1. The van der Waals surface area contributed by atoms with Crippen molar-refractivity contribution in [2.45, 2.75) is 13.0 Å². The minimum Gasteiger partial charge on any atom is -0.379 e. The van der Waals surface area contributed by atoms with E-state index in [1.165, 1.54) is 12.1 Å². The number of rotatable bonds is 4. The first-order valence-corrected chi connectivity index (χ1v) is 6.86. The van der Waals surface area contributed by atoms with Gasteiger partial charge >= 0.3 is 0 Å². The largest absolute Gasteiger partial charge is 0.379 e. The monoisotopic (exact) mass is 335 g/mol. The van der Waals surface area contributed by atoms with Crippen LogP contribution in [0.15, 0.2) is 36.4 Å². The zero-order valence-corrected chi connectivity index (χ0v) is 12.4. The van der Waals surface area contributed by atoms with Gasteiger partial charge in [0.05, 0.1) is 15.7 Å². The molecule has 1 nitrogen and oxygen atoms in total. The highest BCUT2D eigenvalue weighted by Gasteiger charge is 2.09. The maximum atomic E-state index is 12.6. The number of hydrogen-bond donors (Lipinski definition) is 1. The summed E-state index contributed by atoms with van der Waals surface area (Å²) in [6, 6.07) is 9.28. The van der Waals surface area contributed by atoms with Crippen molar-refractivity contribution in [3.8, 4) is 0 Å². The zero-order chi connectivity index (χ0) is 14.7. The minimum absolute atomic E-state index is 0.0161. The van der Waals surface area contributed by atoms with E-state index in [0.717, 1.165) is 0 Å². The van der Waals surface area contributed by atoms with Crippen LogP contribution in [0.3, 0.4) is 0 Å². The lowest BCUT2D eigenvalue weighted by molar-refractivity contribution is 0.151. The van der Waals surface area contributed by atoms with Crippen molar-refractivity contribution in [3.05, 3.63) is 62.6 Å². The fraction of sp³-hybridized carbons (Fsp3) is 0.143. The number of benzene rings is 2. The third-order valence-corrected chi connectivity index (χ3v) is 3.49. The van der Waals surface area contributed by atoms with Crippen LogP contribution in [0, 0.1) is 0 Å². The first-order valence-electron chi connectivity index (χ1n) is 5.73. The molecule has 1 N–H and O–H groups in total. The van der Waals surface area contributed by atoms with E-state index >= 15 is 0 Å². The number of halogens is 5. The summed E-state index contributed by atoms with van der Waals surface area (Å²) in [5.41, 5.74) is 1.22. The van der Waals surface area contributed by atoms with Crippen LogP contribution in [-0.2, 0) is 6.54 Å². The molecule has 0 fully saturated rings. The fourth-order valence-corrected chi connectivity index (χ4v) is 2.69. The van der Waals surface area contributed by atoms with E-state index in [4.69, 9.17) is 34.8 Å². The Hall–Kier alpha value is -1.03. The molecule has 0 spiro atoms. The van der Waals surface area contributed by atoms with Gasteiger partial charge in [0.15, 0.2) is 0 Å². The molecule has 106 valence electrons. The van der Waals surface area contributed by atoms with Crippen LogP contribution in [0.5, 0.6) is 0 Å². The molecule has 2 aromatic carbocycles. The summed E-state index contributed by atoms with van der Waals surface area (Å²) in [5.74, 6) is 0. The maximum Gasteiger partial charge on any atom is 0.263 e. The Bertz CT molecular complexity index is 594. The standard InChI is InChI=1S/C14H10Cl3F2N/c15-10-5-11(16)13(12(17)6-10)20-7-8-2-1-3-9(4-8)14(18)19/h1-6,14,20H,7H2. The molecule has 2 aromatic rings. The van der Waals surface area contributed by atoms with E-state index in [-0.39, 0.29) is 5.56 Å².